The lowest BCUT2D eigenvalue weighted by Gasteiger charge is -2.25. The van der Waals surface area contributed by atoms with Crippen LogP contribution in [0.25, 0.3) is 0 Å². The molecule has 156 valence electrons. The largest absolute Gasteiger partial charge is 0.390 e. The first-order chi connectivity index (χ1) is 13.6. The van der Waals surface area contributed by atoms with Crippen LogP contribution in [0.1, 0.15) is 58.7 Å². The Morgan fingerprint density at radius 1 is 1.28 bits per heavy atom. The quantitative estimate of drug-likeness (QED) is 0.661. The molecule has 2 aromatic rings. The third-order valence-corrected chi connectivity index (χ3v) is 8.81. The van der Waals surface area contributed by atoms with E-state index in [2.05, 4.69) is 15.4 Å². The Labute approximate surface area is 174 Å². The Morgan fingerprint density at radius 3 is 2.55 bits per heavy atom. The number of benzene rings is 1. The Bertz CT molecular complexity index is 1120. The van der Waals surface area contributed by atoms with Crippen molar-refractivity contribution in [1.82, 2.24) is 4.98 Å². The molecule has 7 nitrogen and oxygen atoms in total. The molecule has 1 heterocycles. The predicted molar refractivity (Wildman–Crippen MR) is 111 cm³/mol. The first-order valence-corrected chi connectivity index (χ1v) is 12.1. The number of rotatable bonds is 5. The fourth-order valence-corrected chi connectivity index (χ4v) is 6.52. The zero-order valence-electron chi connectivity index (χ0n) is 16.5. The zero-order chi connectivity index (χ0) is 21.0. The van der Waals surface area contributed by atoms with Crippen LogP contribution in [0.5, 0.6) is 0 Å². The maximum absolute atomic E-state index is 13.0. The third-order valence-electron chi connectivity index (χ3n) is 5.57. The molecular weight excluding hydrogens is 410 g/mol. The van der Waals surface area contributed by atoms with Crippen LogP contribution in [-0.2, 0) is 59.0 Å². The first-order valence-electron chi connectivity index (χ1n) is 9.66. The van der Waals surface area contributed by atoms with Crippen molar-refractivity contribution in [3.05, 3.63) is 44.5 Å². The predicted octanol–water partition coefficient (Wildman–Crippen LogP) is 1.92. The van der Waals surface area contributed by atoms with Crippen LogP contribution in [0.4, 0.5) is 0 Å². The Balaban J connectivity index is 1.66. The first kappa shape index (κ1) is 20.6. The van der Waals surface area contributed by atoms with E-state index in [1.54, 1.807) is 0 Å². The number of carbonyl (C=O) groups is 1. The lowest BCUT2D eigenvalue weighted by molar-refractivity contribution is -0.117. The van der Waals surface area contributed by atoms with Gasteiger partial charge in [0.1, 0.15) is 0 Å². The maximum atomic E-state index is 13.0. The Kier molecular flexibility index (Phi) is 5.15. The minimum atomic E-state index is -3.56. The molecular formula is C20H25N3O4S2. The maximum Gasteiger partial charge on any atom is 0.259 e. The lowest BCUT2D eigenvalue weighted by atomic mass is 9.80. The minimum absolute atomic E-state index is 0.0571. The summed E-state index contributed by atoms with van der Waals surface area (Å²) >= 11 is 0.916. The molecule has 4 N–H and O–H groups in total. The highest BCUT2D eigenvalue weighted by molar-refractivity contribution is 7.93. The Hall–Kier alpha value is -1.65. The van der Waals surface area contributed by atoms with Gasteiger partial charge in [0.25, 0.3) is 5.91 Å². The molecule has 0 bridgehead atoms. The highest BCUT2D eigenvalue weighted by atomic mass is 32.2. The van der Waals surface area contributed by atoms with Gasteiger partial charge in [-0.1, -0.05) is 6.07 Å². The molecule has 1 aromatic heterocycles. The number of aliphatic hydroxyl groups is 2. The monoisotopic (exact) mass is 435 g/mol. The van der Waals surface area contributed by atoms with Gasteiger partial charge in [-0.05, 0) is 73.8 Å². The molecule has 1 atom stereocenters. The van der Waals surface area contributed by atoms with Crippen LogP contribution < -0.4 is 5.14 Å². The zero-order valence-corrected chi connectivity index (χ0v) is 18.2. The molecule has 29 heavy (non-hydrogen) atoms. The topological polar surface area (TPSA) is 126 Å². The second-order valence-corrected chi connectivity index (χ2v) is 11.2. The molecule has 4 rings (SSSR count). The summed E-state index contributed by atoms with van der Waals surface area (Å²) in [6.07, 6.45) is 5.19. The molecule has 0 aliphatic heterocycles. The van der Waals surface area contributed by atoms with Gasteiger partial charge in [0, 0.05) is 0 Å². The molecule has 0 saturated heterocycles. The summed E-state index contributed by atoms with van der Waals surface area (Å²) in [7, 11) is -3.56. The molecule has 2 aliphatic rings. The van der Waals surface area contributed by atoms with Crippen molar-refractivity contribution in [2.24, 2.45) is 9.50 Å². The minimum Gasteiger partial charge on any atom is -0.390 e. The number of fused-ring (bicyclic) bond motifs is 2. The van der Waals surface area contributed by atoms with Crippen LogP contribution in [0.15, 0.2) is 14.8 Å². The van der Waals surface area contributed by atoms with Crippen LogP contribution in [-0.4, -0.2) is 25.3 Å². The van der Waals surface area contributed by atoms with E-state index in [-0.39, 0.29) is 16.5 Å². The van der Waals surface area contributed by atoms with Gasteiger partial charge in [0.15, 0.2) is 9.92 Å². The van der Waals surface area contributed by atoms with Crippen molar-refractivity contribution >= 4 is 27.2 Å². The van der Waals surface area contributed by atoms with Crippen LogP contribution in [0.2, 0.25) is 0 Å². The lowest BCUT2D eigenvalue weighted by Crippen LogP contribution is -2.19. The van der Waals surface area contributed by atoms with Gasteiger partial charge in [0.05, 0.1) is 29.2 Å². The van der Waals surface area contributed by atoms with Crippen LogP contribution in [0, 0.1) is 0 Å². The average Bonchev–Trinajstić information content (AvgIpc) is 3.23. The number of aryl methyl sites for hydroxylation is 2. The smallest absolute Gasteiger partial charge is 0.259 e. The number of thiazole rings is 1. The molecule has 2 aliphatic carbocycles. The SMILES string of the molecule is CC(C)(O)c1sc(S(N)(=O)=NC(=O)Cc2c3c(cc4c2CC4)CCC3)nc1CO. The van der Waals surface area contributed by atoms with E-state index in [1.807, 2.05) is 0 Å². The molecule has 0 radical (unpaired) electrons. The molecule has 1 aromatic carbocycles. The van der Waals surface area contributed by atoms with E-state index in [4.69, 9.17) is 5.14 Å². The Morgan fingerprint density at radius 2 is 1.97 bits per heavy atom. The summed E-state index contributed by atoms with van der Waals surface area (Å²) in [6, 6.07) is 2.27. The summed E-state index contributed by atoms with van der Waals surface area (Å²) in [5, 5.41) is 25.6. The van der Waals surface area contributed by atoms with Gasteiger partial charge in [-0.3, -0.25) is 4.79 Å². The van der Waals surface area contributed by atoms with E-state index in [1.165, 1.54) is 36.1 Å². The number of amides is 1. The molecule has 0 fully saturated rings. The molecule has 1 amide bonds. The molecule has 0 saturated carbocycles. The second-order valence-electron chi connectivity index (χ2n) is 8.19. The van der Waals surface area contributed by atoms with Gasteiger partial charge >= 0.3 is 0 Å². The van der Waals surface area contributed by atoms with Crippen molar-refractivity contribution in [3.8, 4) is 0 Å². The number of carbonyl (C=O) groups excluding carboxylic acids is 1. The average molecular weight is 436 g/mol. The number of nitrogens with two attached hydrogens (primary N) is 1. The number of hydrogen-bond donors (Lipinski definition) is 3. The summed E-state index contributed by atoms with van der Waals surface area (Å²) in [4.78, 5) is 17.1. The van der Waals surface area contributed by atoms with Gasteiger partial charge in [-0.2, -0.15) is 0 Å². The van der Waals surface area contributed by atoms with Gasteiger partial charge < -0.3 is 10.2 Å². The number of hydrogen-bond acceptors (Lipinski definition) is 6. The standard InChI is InChI=1S/C20H25N3O4S2/c1-20(2,26)18-16(10-24)22-19(28-18)29(21,27)23-17(25)9-15-13-5-3-4-11(13)8-12-6-7-14(12)15/h8,24,26H,3-7,9-10H2,1-2H3,(H2,21,23,25,27). The summed E-state index contributed by atoms with van der Waals surface area (Å²) in [5.41, 5.74) is 5.07. The molecule has 0 spiro atoms. The van der Waals surface area contributed by atoms with Crippen LogP contribution in [0.3, 0.4) is 0 Å². The number of aromatic nitrogens is 1. The molecule has 1 unspecified atom stereocenters. The van der Waals surface area contributed by atoms with Crippen molar-refractivity contribution < 1.29 is 19.2 Å². The van der Waals surface area contributed by atoms with Crippen molar-refractivity contribution in [2.45, 2.75) is 68.9 Å². The van der Waals surface area contributed by atoms with Gasteiger partial charge in [-0.25, -0.2) is 14.3 Å². The number of nitrogens with zero attached hydrogens (tertiary/aromatic N) is 2. The van der Waals surface area contributed by atoms with E-state index in [0.717, 1.165) is 49.0 Å². The van der Waals surface area contributed by atoms with Crippen molar-refractivity contribution in [1.29, 1.82) is 0 Å². The van der Waals surface area contributed by atoms with E-state index in [9.17, 15) is 19.2 Å². The summed E-state index contributed by atoms with van der Waals surface area (Å²) < 4.78 is 16.7. The highest BCUT2D eigenvalue weighted by Crippen LogP contribution is 2.37. The summed E-state index contributed by atoms with van der Waals surface area (Å²) in [6.45, 7) is 2.65. The summed E-state index contributed by atoms with van der Waals surface area (Å²) in [5.74, 6) is -0.530. The van der Waals surface area contributed by atoms with Gasteiger partial charge in [-0.15, -0.1) is 15.7 Å². The van der Waals surface area contributed by atoms with E-state index >= 15 is 0 Å². The third kappa shape index (κ3) is 3.77. The van der Waals surface area contributed by atoms with Crippen molar-refractivity contribution in [2.75, 3.05) is 0 Å². The fourth-order valence-electron chi connectivity index (χ4n) is 4.19. The second kappa shape index (κ2) is 7.24. The fraction of sp³-hybridized carbons (Fsp3) is 0.500. The van der Waals surface area contributed by atoms with E-state index in [0.29, 0.717) is 4.88 Å². The normalized spacial score (nSPS) is 17.3. The van der Waals surface area contributed by atoms with Gasteiger partial charge in [0.2, 0.25) is 4.34 Å². The number of aliphatic hydroxyl groups excluding tert-OH is 1. The van der Waals surface area contributed by atoms with E-state index < -0.39 is 28.0 Å². The highest BCUT2D eigenvalue weighted by Gasteiger charge is 2.29. The van der Waals surface area contributed by atoms with Crippen molar-refractivity contribution in [3.63, 3.8) is 0 Å². The molecule has 9 heteroatoms. The van der Waals surface area contributed by atoms with Crippen LogP contribution >= 0.6 is 11.3 Å².